The molecule has 0 aliphatic carbocycles. The van der Waals surface area contributed by atoms with Gasteiger partial charge in [0, 0.05) is 49.6 Å². The molecule has 1 aliphatic heterocycles. The number of halogens is 3. The third-order valence-electron chi connectivity index (χ3n) is 7.82. The molecule has 254 valence electrons. The average Bonchev–Trinajstić information content (AvgIpc) is 3.54. The van der Waals surface area contributed by atoms with Gasteiger partial charge in [-0.15, -0.1) is 0 Å². The Balaban J connectivity index is 1.57. The molecule has 11 nitrogen and oxygen atoms in total. The van der Waals surface area contributed by atoms with E-state index in [4.69, 9.17) is 9.72 Å². The Morgan fingerprint density at radius 3 is 2.53 bits per heavy atom. The summed E-state index contributed by atoms with van der Waals surface area (Å²) in [6.45, 7) is 1.18. The third-order valence-corrected chi connectivity index (χ3v) is 7.82. The highest BCUT2D eigenvalue weighted by Gasteiger charge is 2.40. The zero-order chi connectivity index (χ0) is 35.0. The number of carbonyl (C=O) groups excluding carboxylic acids is 2. The number of aromatic hydroxyl groups is 1. The van der Waals surface area contributed by atoms with Crippen LogP contribution in [0, 0.1) is 11.3 Å². The van der Waals surface area contributed by atoms with Gasteiger partial charge in [0.15, 0.2) is 0 Å². The van der Waals surface area contributed by atoms with Gasteiger partial charge >= 0.3 is 12.1 Å². The Morgan fingerprint density at radius 2 is 1.82 bits per heavy atom. The number of nitrogens with one attached hydrogen (secondary N) is 4. The minimum Gasteiger partial charge on any atom is -0.507 e. The first-order valence-electron chi connectivity index (χ1n) is 15.4. The lowest BCUT2D eigenvalue weighted by Crippen LogP contribution is -2.44. The van der Waals surface area contributed by atoms with E-state index in [0.29, 0.717) is 59.1 Å². The van der Waals surface area contributed by atoms with E-state index >= 15 is 0 Å². The van der Waals surface area contributed by atoms with Crippen LogP contribution >= 0.6 is 0 Å². The van der Waals surface area contributed by atoms with E-state index < -0.39 is 18.1 Å². The van der Waals surface area contributed by atoms with Crippen LogP contribution in [-0.4, -0.2) is 74.0 Å². The van der Waals surface area contributed by atoms with Crippen LogP contribution in [0.2, 0.25) is 0 Å². The lowest BCUT2D eigenvalue weighted by Gasteiger charge is -2.24. The summed E-state index contributed by atoms with van der Waals surface area (Å²) in [5, 5.41) is 32.2. The van der Waals surface area contributed by atoms with Crippen molar-refractivity contribution in [2.75, 3.05) is 55.4 Å². The van der Waals surface area contributed by atoms with Crippen LogP contribution in [0.25, 0.3) is 22.4 Å². The molecule has 14 heteroatoms. The number of carbonyl (C=O) groups is 2. The second-order valence-electron chi connectivity index (χ2n) is 11.3. The van der Waals surface area contributed by atoms with Gasteiger partial charge < -0.3 is 36.0 Å². The van der Waals surface area contributed by atoms with E-state index in [1.165, 1.54) is 6.07 Å². The molecule has 1 fully saturated rings. The van der Waals surface area contributed by atoms with Crippen molar-refractivity contribution in [3.63, 3.8) is 0 Å². The number of anilines is 4. The van der Waals surface area contributed by atoms with Crippen LogP contribution in [0.3, 0.4) is 0 Å². The highest BCUT2D eigenvalue weighted by molar-refractivity contribution is 5.97. The number of aromatic nitrogens is 1. The van der Waals surface area contributed by atoms with Crippen LogP contribution in [0.5, 0.6) is 5.75 Å². The summed E-state index contributed by atoms with van der Waals surface area (Å²) < 4.78 is 43.8. The minimum atomic E-state index is -5.00. The maximum Gasteiger partial charge on any atom is 0.471 e. The summed E-state index contributed by atoms with van der Waals surface area (Å²) in [6.07, 6.45) is -4.74. The van der Waals surface area contributed by atoms with Crippen molar-refractivity contribution in [1.29, 1.82) is 5.26 Å². The fourth-order valence-electron chi connectivity index (χ4n) is 5.48. The number of para-hydroxylation sites is 2. The standard InChI is InChI=1S/C35H34F3N7O4/c1-49-16-14-40-20-32(47)43-29-17-22(11-12-30(29)45-15-13-24(21-45)42-34(48)35(36,37)38)26-18-28(25-9-5-6-10-31(25)46)44-33(27(26)19-39)41-23-7-3-2-4-8-23/h2-12,17-18,24,40,46H,13-16,20-21H2,1H3,(H,41,44)(H,42,48)(H,43,47). The number of amides is 2. The van der Waals surface area contributed by atoms with E-state index in [-0.39, 0.29) is 42.5 Å². The molecule has 0 saturated carbocycles. The molecule has 4 aromatic rings. The normalized spacial score (nSPS) is 14.3. The summed E-state index contributed by atoms with van der Waals surface area (Å²) in [4.78, 5) is 31.1. The average molecular weight is 674 g/mol. The molecule has 1 atom stereocenters. The van der Waals surface area contributed by atoms with Crippen LogP contribution in [0.4, 0.5) is 36.1 Å². The number of alkyl halides is 3. The van der Waals surface area contributed by atoms with Gasteiger partial charge in [-0.2, -0.15) is 18.4 Å². The maximum atomic E-state index is 13.1. The Hall–Kier alpha value is -5.65. The Bertz CT molecular complexity index is 1850. The minimum absolute atomic E-state index is 0.0122. The summed E-state index contributed by atoms with van der Waals surface area (Å²) in [7, 11) is 1.54. The largest absolute Gasteiger partial charge is 0.507 e. The molecule has 1 aliphatic rings. The van der Waals surface area contributed by atoms with Crippen molar-refractivity contribution in [3.8, 4) is 34.2 Å². The SMILES string of the molecule is COCCNCC(=O)Nc1cc(-c2cc(-c3ccccc3O)nc(Nc3ccccc3)c2C#N)ccc1N1CCC(NC(=O)C(F)(F)F)C1. The lowest BCUT2D eigenvalue weighted by atomic mass is 9.97. The smallest absolute Gasteiger partial charge is 0.471 e. The topological polar surface area (TPSA) is 152 Å². The number of pyridine rings is 1. The molecule has 2 heterocycles. The van der Waals surface area contributed by atoms with E-state index in [2.05, 4.69) is 22.0 Å². The fourth-order valence-corrected chi connectivity index (χ4v) is 5.48. The second-order valence-corrected chi connectivity index (χ2v) is 11.3. The maximum absolute atomic E-state index is 13.1. The number of hydrogen-bond donors (Lipinski definition) is 5. The predicted octanol–water partition coefficient (Wildman–Crippen LogP) is 5.17. The molecule has 0 radical (unpaired) electrons. The van der Waals surface area contributed by atoms with E-state index in [9.17, 15) is 33.1 Å². The summed E-state index contributed by atoms with van der Waals surface area (Å²) in [5.74, 6) is -2.16. The number of phenolic OH excluding ortho intramolecular Hbond substituents is 1. The lowest BCUT2D eigenvalue weighted by molar-refractivity contribution is -0.174. The first-order valence-corrected chi connectivity index (χ1v) is 15.4. The van der Waals surface area contributed by atoms with Gasteiger partial charge in [-0.1, -0.05) is 36.4 Å². The molecule has 0 spiro atoms. The Morgan fingerprint density at radius 1 is 1.06 bits per heavy atom. The monoisotopic (exact) mass is 673 g/mol. The number of ether oxygens (including phenoxy) is 1. The molecule has 0 bridgehead atoms. The molecular formula is C35H34F3N7O4. The molecule has 1 aromatic heterocycles. The van der Waals surface area contributed by atoms with E-state index in [0.717, 1.165) is 0 Å². The highest BCUT2D eigenvalue weighted by atomic mass is 19.4. The summed E-state index contributed by atoms with van der Waals surface area (Å²) in [6, 6.07) is 24.1. The van der Waals surface area contributed by atoms with Crippen molar-refractivity contribution in [2.45, 2.75) is 18.6 Å². The molecule has 5 rings (SSSR count). The molecule has 49 heavy (non-hydrogen) atoms. The number of hydrogen-bond acceptors (Lipinski definition) is 9. The molecule has 1 unspecified atom stereocenters. The Kier molecular flexibility index (Phi) is 11.0. The second kappa shape index (κ2) is 15.5. The number of phenols is 1. The molecular weight excluding hydrogens is 639 g/mol. The van der Waals surface area contributed by atoms with Gasteiger partial charge in [-0.3, -0.25) is 9.59 Å². The zero-order valence-corrected chi connectivity index (χ0v) is 26.5. The Labute approximate surface area is 280 Å². The van der Waals surface area contributed by atoms with Gasteiger partial charge in [0.2, 0.25) is 5.91 Å². The van der Waals surface area contributed by atoms with Crippen molar-refractivity contribution < 1.29 is 32.6 Å². The van der Waals surface area contributed by atoms with Crippen LogP contribution in [0.1, 0.15) is 12.0 Å². The zero-order valence-electron chi connectivity index (χ0n) is 26.5. The van der Waals surface area contributed by atoms with E-state index in [1.807, 2.05) is 35.6 Å². The van der Waals surface area contributed by atoms with E-state index in [1.54, 1.807) is 54.5 Å². The van der Waals surface area contributed by atoms with Crippen molar-refractivity contribution in [3.05, 3.63) is 84.4 Å². The molecule has 3 aromatic carbocycles. The molecule has 1 saturated heterocycles. The van der Waals surface area contributed by atoms with Gasteiger partial charge in [0.05, 0.1) is 30.2 Å². The van der Waals surface area contributed by atoms with Crippen LogP contribution in [-0.2, 0) is 14.3 Å². The number of nitriles is 1. The fraction of sp³-hybridized carbons (Fsp3) is 0.257. The number of benzene rings is 3. The quantitative estimate of drug-likeness (QED) is 0.128. The van der Waals surface area contributed by atoms with Crippen LogP contribution < -0.4 is 26.2 Å². The van der Waals surface area contributed by atoms with Gasteiger partial charge in [-0.05, 0) is 54.4 Å². The van der Waals surface area contributed by atoms with Crippen LogP contribution in [0.15, 0.2) is 78.9 Å². The van der Waals surface area contributed by atoms with Crippen molar-refractivity contribution >= 4 is 34.7 Å². The number of nitrogens with zero attached hydrogens (tertiary/aromatic N) is 3. The van der Waals surface area contributed by atoms with Crippen molar-refractivity contribution in [1.82, 2.24) is 15.6 Å². The first-order chi connectivity index (χ1) is 23.6. The van der Waals surface area contributed by atoms with Crippen molar-refractivity contribution in [2.24, 2.45) is 0 Å². The molecule has 5 N–H and O–H groups in total. The molecule has 2 amide bonds. The number of rotatable bonds is 12. The number of methoxy groups -OCH3 is 1. The summed E-state index contributed by atoms with van der Waals surface area (Å²) in [5.41, 5.74) is 3.54. The van der Waals surface area contributed by atoms with Gasteiger partial charge in [-0.25, -0.2) is 4.98 Å². The summed E-state index contributed by atoms with van der Waals surface area (Å²) >= 11 is 0. The first kappa shape index (κ1) is 34.7. The predicted molar refractivity (Wildman–Crippen MR) is 179 cm³/mol. The highest BCUT2D eigenvalue weighted by Crippen LogP contribution is 2.39. The van der Waals surface area contributed by atoms with Gasteiger partial charge in [0.25, 0.3) is 0 Å². The van der Waals surface area contributed by atoms with Gasteiger partial charge in [0.1, 0.15) is 23.2 Å². The third kappa shape index (κ3) is 8.64.